The lowest BCUT2D eigenvalue weighted by Gasteiger charge is -2.31. The van der Waals surface area contributed by atoms with Crippen LogP contribution in [-0.2, 0) is 11.2 Å². The van der Waals surface area contributed by atoms with Gasteiger partial charge in [0.25, 0.3) is 0 Å². The van der Waals surface area contributed by atoms with Crippen LogP contribution in [0.5, 0.6) is 0 Å². The van der Waals surface area contributed by atoms with Gasteiger partial charge in [0.05, 0.1) is 9.52 Å². The van der Waals surface area contributed by atoms with E-state index in [1.165, 1.54) is 36.8 Å². The normalized spacial score (nSPS) is 21.6. The van der Waals surface area contributed by atoms with Gasteiger partial charge in [-0.3, -0.25) is 0 Å². The van der Waals surface area contributed by atoms with Crippen LogP contribution in [-0.4, -0.2) is 21.9 Å². The fourth-order valence-electron chi connectivity index (χ4n) is 2.92. The molecule has 0 aliphatic carbocycles. The first-order chi connectivity index (χ1) is 8.55. The molecule has 1 unspecified atom stereocenters. The van der Waals surface area contributed by atoms with Crippen LogP contribution in [0.2, 0.25) is 5.04 Å². The molecule has 2 heteroatoms. The predicted octanol–water partition coefficient (Wildman–Crippen LogP) is 3.43. The van der Waals surface area contributed by atoms with Crippen molar-refractivity contribution in [2.75, 3.05) is 6.61 Å². The molecule has 18 heavy (non-hydrogen) atoms. The van der Waals surface area contributed by atoms with Crippen LogP contribution >= 0.6 is 0 Å². The van der Waals surface area contributed by atoms with Gasteiger partial charge in [0, 0.05) is 12.3 Å². The Kier molecular flexibility index (Phi) is 4.63. The average Bonchev–Trinajstić information content (AvgIpc) is 2.32. The molecule has 0 aromatic heterocycles. The third-order valence-corrected chi connectivity index (χ3v) is 6.31. The minimum Gasteiger partial charge on any atom is -0.382 e. The Labute approximate surface area is 114 Å². The molecule has 0 radical (unpaired) electrons. The Hall–Kier alpha value is -0.603. The summed E-state index contributed by atoms with van der Waals surface area (Å²) in [6.45, 7) is 8.01. The van der Waals surface area contributed by atoms with E-state index in [-0.39, 0.29) is 9.52 Å². The molecule has 100 valence electrons. The quantitative estimate of drug-likeness (QED) is 0.755. The van der Waals surface area contributed by atoms with Crippen LogP contribution in [0.3, 0.4) is 0 Å². The highest BCUT2D eigenvalue weighted by Crippen LogP contribution is 2.31. The largest absolute Gasteiger partial charge is 0.382 e. The summed E-state index contributed by atoms with van der Waals surface area (Å²) in [6, 6.07) is 9.02. The van der Waals surface area contributed by atoms with Gasteiger partial charge in [-0.1, -0.05) is 43.7 Å². The average molecular weight is 262 g/mol. The van der Waals surface area contributed by atoms with E-state index in [0.29, 0.717) is 10.8 Å². The zero-order chi connectivity index (χ0) is 13.0. The van der Waals surface area contributed by atoms with E-state index in [2.05, 4.69) is 45.0 Å². The minimum absolute atomic E-state index is 0.182. The maximum atomic E-state index is 5.93. The van der Waals surface area contributed by atoms with E-state index in [4.69, 9.17) is 4.74 Å². The van der Waals surface area contributed by atoms with E-state index < -0.39 is 0 Å². The first kappa shape index (κ1) is 13.8. The first-order valence-corrected chi connectivity index (χ1v) is 8.75. The summed E-state index contributed by atoms with van der Waals surface area (Å²) in [4.78, 5) is 0. The summed E-state index contributed by atoms with van der Waals surface area (Å²) < 4.78 is 5.93. The van der Waals surface area contributed by atoms with E-state index in [1.807, 2.05) is 0 Å². The van der Waals surface area contributed by atoms with Crippen LogP contribution < -0.4 is 0 Å². The molecule has 1 nitrogen and oxygen atoms in total. The van der Waals surface area contributed by atoms with Gasteiger partial charge in [0.2, 0.25) is 0 Å². The molecule has 1 aliphatic rings. The first-order valence-electron chi connectivity index (χ1n) is 7.22. The van der Waals surface area contributed by atoms with Crippen molar-refractivity contribution in [2.45, 2.75) is 57.2 Å². The summed E-state index contributed by atoms with van der Waals surface area (Å²) in [7, 11) is -0.182. The number of benzene rings is 1. The number of aryl methyl sites for hydroxylation is 1. The Balaban J connectivity index is 1.91. The summed E-state index contributed by atoms with van der Waals surface area (Å²) in [5.41, 5.74) is 3.46. The van der Waals surface area contributed by atoms with Crippen molar-refractivity contribution >= 4 is 9.52 Å². The fraction of sp³-hybridized carbons (Fsp3) is 0.625. The molecule has 2 rings (SSSR count). The van der Waals surface area contributed by atoms with Crippen molar-refractivity contribution in [3.05, 3.63) is 35.4 Å². The maximum absolute atomic E-state index is 5.93. The van der Waals surface area contributed by atoms with Crippen molar-refractivity contribution in [1.82, 2.24) is 0 Å². The van der Waals surface area contributed by atoms with E-state index >= 15 is 0 Å². The number of hydrogen-bond acceptors (Lipinski definition) is 1. The maximum Gasteiger partial charge on any atom is 0.0619 e. The van der Waals surface area contributed by atoms with Gasteiger partial charge in [0.15, 0.2) is 0 Å². The number of hydrogen-bond donors (Lipinski definition) is 0. The van der Waals surface area contributed by atoms with Crippen molar-refractivity contribution in [3.8, 4) is 0 Å². The highest BCUT2D eigenvalue weighted by atomic mass is 28.2. The molecule has 1 aromatic rings. The van der Waals surface area contributed by atoms with Crippen LogP contribution in [0.1, 0.15) is 44.2 Å². The second-order valence-corrected chi connectivity index (χ2v) is 9.75. The van der Waals surface area contributed by atoms with Gasteiger partial charge in [0.1, 0.15) is 0 Å². The highest BCUT2D eigenvalue weighted by Gasteiger charge is 2.26. The number of rotatable bonds is 4. The molecule has 0 bridgehead atoms. The Morgan fingerprint density at radius 1 is 1.22 bits per heavy atom. The zero-order valence-electron chi connectivity index (χ0n) is 12.0. The molecule has 1 heterocycles. The molecule has 1 fully saturated rings. The van der Waals surface area contributed by atoms with E-state index in [9.17, 15) is 0 Å². The van der Waals surface area contributed by atoms with E-state index in [0.717, 1.165) is 6.61 Å². The summed E-state index contributed by atoms with van der Waals surface area (Å²) in [5.74, 6) is 0. The topological polar surface area (TPSA) is 9.23 Å². The third kappa shape index (κ3) is 4.25. The molecule has 0 N–H and O–H groups in total. The van der Waals surface area contributed by atoms with Crippen LogP contribution in [0, 0.1) is 6.92 Å². The van der Waals surface area contributed by atoms with Gasteiger partial charge in [-0.25, -0.2) is 0 Å². The zero-order valence-corrected chi connectivity index (χ0v) is 13.5. The molecular weight excluding hydrogens is 236 g/mol. The third-order valence-electron chi connectivity index (χ3n) is 3.86. The SMILES string of the molecule is Cc1ccc(CC(C)(C)[SiH2]C2CCCCO2)cc1. The molecule has 1 aliphatic heterocycles. The predicted molar refractivity (Wildman–Crippen MR) is 81.1 cm³/mol. The molecule has 0 saturated carbocycles. The summed E-state index contributed by atoms with van der Waals surface area (Å²) >= 11 is 0. The lowest BCUT2D eigenvalue weighted by atomic mass is 10.0. The standard InChI is InChI=1S/C16H26OSi/c1-13-7-9-14(10-8-13)12-16(2,3)18-15-6-4-5-11-17-15/h7-10,15H,4-6,11-12,18H2,1-3H3. The lowest BCUT2D eigenvalue weighted by molar-refractivity contribution is 0.0633. The van der Waals surface area contributed by atoms with Gasteiger partial charge in [-0.15, -0.1) is 0 Å². The van der Waals surface area contributed by atoms with Crippen LogP contribution in [0.15, 0.2) is 24.3 Å². The molecule has 0 amide bonds. The van der Waals surface area contributed by atoms with Crippen LogP contribution in [0.25, 0.3) is 0 Å². The summed E-state index contributed by atoms with van der Waals surface area (Å²) in [6.07, 6.45) is 5.16. The Morgan fingerprint density at radius 3 is 2.56 bits per heavy atom. The monoisotopic (exact) mass is 262 g/mol. The lowest BCUT2D eigenvalue weighted by Crippen LogP contribution is -2.33. The minimum atomic E-state index is -0.182. The second kappa shape index (κ2) is 6.03. The molecular formula is C16H26OSi. The molecule has 1 saturated heterocycles. The van der Waals surface area contributed by atoms with Crippen molar-refractivity contribution in [1.29, 1.82) is 0 Å². The van der Waals surface area contributed by atoms with Crippen molar-refractivity contribution in [2.24, 2.45) is 0 Å². The van der Waals surface area contributed by atoms with Crippen molar-refractivity contribution in [3.63, 3.8) is 0 Å². The van der Waals surface area contributed by atoms with Crippen LogP contribution in [0.4, 0.5) is 0 Å². The Morgan fingerprint density at radius 2 is 1.94 bits per heavy atom. The smallest absolute Gasteiger partial charge is 0.0619 e. The van der Waals surface area contributed by atoms with E-state index in [1.54, 1.807) is 0 Å². The second-order valence-electron chi connectivity index (χ2n) is 6.52. The molecule has 1 atom stereocenters. The van der Waals surface area contributed by atoms with Gasteiger partial charge >= 0.3 is 0 Å². The van der Waals surface area contributed by atoms with Gasteiger partial charge in [-0.2, -0.15) is 0 Å². The fourth-order valence-corrected chi connectivity index (χ4v) is 5.36. The Bertz CT molecular complexity index is 363. The van der Waals surface area contributed by atoms with Gasteiger partial charge < -0.3 is 4.74 Å². The number of ether oxygens (including phenoxy) is 1. The summed E-state index contributed by atoms with van der Waals surface area (Å²) in [5, 5.41) is 0.470. The van der Waals surface area contributed by atoms with Gasteiger partial charge in [-0.05, 0) is 43.2 Å². The van der Waals surface area contributed by atoms with Crippen molar-refractivity contribution < 1.29 is 4.74 Å². The molecule has 0 spiro atoms. The molecule has 1 aromatic carbocycles. The highest BCUT2D eigenvalue weighted by molar-refractivity contribution is 6.41.